The molecule has 2 rings (SSSR count). The molecule has 0 atom stereocenters. The molecule has 1 fully saturated rings. The first kappa shape index (κ1) is 11.9. The van der Waals surface area contributed by atoms with Gasteiger partial charge in [0, 0.05) is 31.7 Å². The number of hydrogen-bond donors (Lipinski definition) is 0. The standard InChI is InChI=1S/C12H16N2O3/c1-14(10-3-5-13-6-4-10)7-12(8-17-9-12)11(15)16-2/h3-6H,7-9H2,1-2H3. The van der Waals surface area contributed by atoms with Crippen LogP contribution in [0.15, 0.2) is 24.5 Å². The number of aromatic nitrogens is 1. The maximum Gasteiger partial charge on any atom is 0.318 e. The van der Waals surface area contributed by atoms with Gasteiger partial charge in [-0.2, -0.15) is 0 Å². The van der Waals surface area contributed by atoms with Crippen molar-refractivity contribution < 1.29 is 14.3 Å². The van der Waals surface area contributed by atoms with Crippen molar-refractivity contribution in [2.75, 3.05) is 38.8 Å². The number of rotatable bonds is 4. The van der Waals surface area contributed by atoms with Gasteiger partial charge in [0.1, 0.15) is 5.41 Å². The normalized spacial score (nSPS) is 17.1. The fourth-order valence-corrected chi connectivity index (χ4v) is 1.98. The van der Waals surface area contributed by atoms with Gasteiger partial charge in [-0.3, -0.25) is 9.78 Å². The molecule has 0 amide bonds. The smallest absolute Gasteiger partial charge is 0.318 e. The van der Waals surface area contributed by atoms with Gasteiger partial charge in [-0.1, -0.05) is 0 Å². The van der Waals surface area contributed by atoms with E-state index in [1.165, 1.54) is 7.11 Å². The van der Waals surface area contributed by atoms with Gasteiger partial charge in [-0.05, 0) is 12.1 Å². The Balaban J connectivity index is 2.07. The summed E-state index contributed by atoms with van der Waals surface area (Å²) >= 11 is 0. The fourth-order valence-electron chi connectivity index (χ4n) is 1.98. The van der Waals surface area contributed by atoms with Crippen LogP contribution in [0.1, 0.15) is 0 Å². The van der Waals surface area contributed by atoms with E-state index in [1.807, 2.05) is 24.1 Å². The van der Waals surface area contributed by atoms with Crippen molar-refractivity contribution in [3.63, 3.8) is 0 Å². The number of pyridine rings is 1. The molecule has 2 heterocycles. The van der Waals surface area contributed by atoms with Crippen LogP contribution in [0.5, 0.6) is 0 Å². The van der Waals surface area contributed by atoms with Crippen molar-refractivity contribution in [2.45, 2.75) is 0 Å². The summed E-state index contributed by atoms with van der Waals surface area (Å²) in [6.07, 6.45) is 3.46. The third kappa shape index (κ3) is 2.24. The second-order valence-corrected chi connectivity index (χ2v) is 4.33. The van der Waals surface area contributed by atoms with Crippen LogP contribution in [0.3, 0.4) is 0 Å². The van der Waals surface area contributed by atoms with Crippen molar-refractivity contribution >= 4 is 11.7 Å². The summed E-state index contributed by atoms with van der Waals surface area (Å²) in [6.45, 7) is 1.44. The third-order valence-corrected chi connectivity index (χ3v) is 3.02. The molecule has 0 bridgehead atoms. The lowest BCUT2D eigenvalue weighted by atomic mass is 9.85. The summed E-state index contributed by atoms with van der Waals surface area (Å²) in [7, 11) is 3.35. The second-order valence-electron chi connectivity index (χ2n) is 4.33. The summed E-state index contributed by atoms with van der Waals surface area (Å²) in [6, 6.07) is 3.81. The lowest BCUT2D eigenvalue weighted by Crippen LogP contribution is -2.56. The molecule has 1 saturated heterocycles. The Labute approximate surface area is 100 Å². The van der Waals surface area contributed by atoms with Gasteiger partial charge in [0.25, 0.3) is 0 Å². The predicted octanol–water partition coefficient (Wildman–Crippen LogP) is 0.707. The molecule has 5 heteroatoms. The zero-order chi connectivity index (χ0) is 12.3. The summed E-state index contributed by atoms with van der Waals surface area (Å²) in [5, 5.41) is 0. The quantitative estimate of drug-likeness (QED) is 0.720. The largest absolute Gasteiger partial charge is 0.468 e. The van der Waals surface area contributed by atoms with Crippen LogP contribution >= 0.6 is 0 Å². The van der Waals surface area contributed by atoms with Crippen LogP contribution in [0.4, 0.5) is 5.69 Å². The zero-order valence-electron chi connectivity index (χ0n) is 10.0. The average molecular weight is 236 g/mol. The molecule has 5 nitrogen and oxygen atoms in total. The molecule has 0 unspecified atom stereocenters. The number of ether oxygens (including phenoxy) is 2. The zero-order valence-corrected chi connectivity index (χ0v) is 10.0. The average Bonchev–Trinajstić information content (AvgIpc) is 2.33. The van der Waals surface area contributed by atoms with Gasteiger partial charge in [0.15, 0.2) is 0 Å². The molecule has 1 aromatic heterocycles. The van der Waals surface area contributed by atoms with E-state index in [2.05, 4.69) is 4.98 Å². The number of carbonyl (C=O) groups is 1. The topological polar surface area (TPSA) is 51.7 Å². The second kappa shape index (κ2) is 4.71. The molecule has 0 aliphatic carbocycles. The first-order chi connectivity index (χ1) is 8.18. The van der Waals surface area contributed by atoms with E-state index in [-0.39, 0.29) is 5.97 Å². The lowest BCUT2D eigenvalue weighted by molar-refractivity contribution is -0.180. The Bertz CT molecular complexity index is 390. The van der Waals surface area contributed by atoms with E-state index < -0.39 is 5.41 Å². The van der Waals surface area contributed by atoms with E-state index in [1.54, 1.807) is 12.4 Å². The van der Waals surface area contributed by atoms with Crippen LogP contribution in [0, 0.1) is 5.41 Å². The van der Waals surface area contributed by atoms with Gasteiger partial charge < -0.3 is 14.4 Å². The Morgan fingerprint density at radius 2 is 2.18 bits per heavy atom. The highest BCUT2D eigenvalue weighted by Gasteiger charge is 2.48. The molecule has 0 aromatic carbocycles. The van der Waals surface area contributed by atoms with Gasteiger partial charge in [-0.25, -0.2) is 0 Å². The van der Waals surface area contributed by atoms with E-state index >= 15 is 0 Å². The fraction of sp³-hybridized carbons (Fsp3) is 0.500. The number of methoxy groups -OCH3 is 1. The number of esters is 1. The van der Waals surface area contributed by atoms with Gasteiger partial charge >= 0.3 is 5.97 Å². The Kier molecular flexibility index (Phi) is 3.28. The van der Waals surface area contributed by atoms with Crippen molar-refractivity contribution in [1.82, 2.24) is 4.98 Å². The van der Waals surface area contributed by atoms with Crippen LogP contribution in [-0.2, 0) is 14.3 Å². The van der Waals surface area contributed by atoms with Gasteiger partial charge in [0.2, 0.25) is 0 Å². The third-order valence-electron chi connectivity index (χ3n) is 3.02. The van der Waals surface area contributed by atoms with Crippen LogP contribution in [-0.4, -0.2) is 44.9 Å². The summed E-state index contributed by atoms with van der Waals surface area (Å²) in [4.78, 5) is 17.7. The molecular formula is C12H16N2O3. The molecule has 1 aliphatic heterocycles. The minimum atomic E-state index is -0.521. The summed E-state index contributed by atoms with van der Waals surface area (Å²) < 4.78 is 9.99. The van der Waals surface area contributed by atoms with Crippen molar-refractivity contribution in [2.24, 2.45) is 5.41 Å². The maximum absolute atomic E-state index is 11.7. The van der Waals surface area contributed by atoms with E-state index in [0.29, 0.717) is 19.8 Å². The molecule has 0 radical (unpaired) electrons. The Morgan fingerprint density at radius 1 is 1.53 bits per heavy atom. The Hall–Kier alpha value is -1.62. The van der Waals surface area contributed by atoms with Gasteiger partial charge in [-0.15, -0.1) is 0 Å². The molecule has 17 heavy (non-hydrogen) atoms. The van der Waals surface area contributed by atoms with Crippen molar-refractivity contribution in [3.8, 4) is 0 Å². The Morgan fingerprint density at radius 3 is 2.65 bits per heavy atom. The number of hydrogen-bond acceptors (Lipinski definition) is 5. The summed E-state index contributed by atoms with van der Waals surface area (Å²) in [5.74, 6) is -0.204. The van der Waals surface area contributed by atoms with E-state index in [4.69, 9.17) is 9.47 Å². The highest BCUT2D eigenvalue weighted by molar-refractivity contribution is 5.79. The predicted molar refractivity (Wildman–Crippen MR) is 62.8 cm³/mol. The summed E-state index contributed by atoms with van der Waals surface area (Å²) in [5.41, 5.74) is 0.502. The minimum absolute atomic E-state index is 0.204. The molecule has 1 aliphatic rings. The highest BCUT2D eigenvalue weighted by atomic mass is 16.5. The number of carbonyl (C=O) groups excluding carboxylic acids is 1. The monoisotopic (exact) mass is 236 g/mol. The molecule has 0 spiro atoms. The van der Waals surface area contributed by atoms with E-state index in [0.717, 1.165) is 5.69 Å². The first-order valence-electron chi connectivity index (χ1n) is 5.45. The van der Waals surface area contributed by atoms with Crippen LogP contribution in [0.2, 0.25) is 0 Å². The minimum Gasteiger partial charge on any atom is -0.468 e. The highest BCUT2D eigenvalue weighted by Crippen LogP contribution is 2.31. The van der Waals surface area contributed by atoms with Gasteiger partial charge in [0.05, 0.1) is 20.3 Å². The number of nitrogens with zero attached hydrogens (tertiary/aromatic N) is 2. The molecule has 92 valence electrons. The molecule has 0 N–H and O–H groups in total. The van der Waals surface area contributed by atoms with Crippen molar-refractivity contribution in [1.29, 1.82) is 0 Å². The molecule has 0 saturated carbocycles. The SMILES string of the molecule is COC(=O)C1(CN(C)c2ccncc2)COC1. The molecular weight excluding hydrogens is 220 g/mol. The van der Waals surface area contributed by atoms with Crippen LogP contribution < -0.4 is 4.90 Å². The maximum atomic E-state index is 11.7. The van der Waals surface area contributed by atoms with Crippen molar-refractivity contribution in [3.05, 3.63) is 24.5 Å². The van der Waals surface area contributed by atoms with Crippen LogP contribution in [0.25, 0.3) is 0 Å². The first-order valence-corrected chi connectivity index (χ1v) is 5.45. The number of anilines is 1. The molecule has 1 aromatic rings. The van der Waals surface area contributed by atoms with E-state index in [9.17, 15) is 4.79 Å². The lowest BCUT2D eigenvalue weighted by Gasteiger charge is -2.41.